The first-order valence-corrected chi connectivity index (χ1v) is 13.0. The van der Waals surface area contributed by atoms with Gasteiger partial charge in [0.05, 0.1) is 34.5 Å². The van der Waals surface area contributed by atoms with Crippen LogP contribution in [-0.2, 0) is 9.53 Å². The molecule has 2 atom stereocenters. The van der Waals surface area contributed by atoms with Crippen molar-refractivity contribution in [1.29, 1.82) is 0 Å². The molecule has 0 unspecified atom stereocenters. The largest absolute Gasteiger partial charge is 0.463 e. The normalized spacial score (nSPS) is 20.7. The number of hydrogen-bond donors (Lipinski definition) is 1. The van der Waals surface area contributed by atoms with E-state index in [1.807, 2.05) is 13.8 Å². The molecule has 0 aliphatic carbocycles. The van der Waals surface area contributed by atoms with Crippen molar-refractivity contribution < 1.29 is 23.5 Å². The SMILES string of the molecule is CCOC(=O)C1=C(CN2CCN(C(=O)c3ccco3)[C@@H](C)C2)N(CC)C(=O)N[C@H]1c1cccc(Cl)c1Cl. The van der Waals surface area contributed by atoms with E-state index in [-0.39, 0.29) is 29.6 Å². The minimum Gasteiger partial charge on any atom is -0.463 e. The second-order valence-corrected chi connectivity index (χ2v) is 9.70. The molecule has 0 saturated carbocycles. The third-order valence-corrected chi connectivity index (χ3v) is 7.45. The second-order valence-electron chi connectivity index (χ2n) is 8.91. The number of nitrogens with zero attached hydrogens (tertiary/aromatic N) is 3. The number of urea groups is 1. The first-order valence-electron chi connectivity index (χ1n) is 12.3. The van der Waals surface area contributed by atoms with E-state index in [1.165, 1.54) is 6.26 Å². The van der Waals surface area contributed by atoms with E-state index in [1.54, 1.807) is 47.1 Å². The lowest BCUT2D eigenvalue weighted by molar-refractivity contribution is -0.139. The van der Waals surface area contributed by atoms with Crippen molar-refractivity contribution in [3.05, 3.63) is 69.2 Å². The molecule has 1 aromatic heterocycles. The number of nitrogens with one attached hydrogen (secondary N) is 1. The van der Waals surface area contributed by atoms with Crippen LogP contribution in [0.2, 0.25) is 10.0 Å². The Kier molecular flexibility index (Phi) is 8.46. The van der Waals surface area contributed by atoms with E-state index < -0.39 is 12.0 Å². The molecular formula is C26H30Cl2N4O5. The lowest BCUT2D eigenvalue weighted by atomic mass is 9.93. The standard InChI is InChI=1S/C26H30Cl2N4O5/c1-4-31-19(15-30-11-12-32(16(3)14-30)24(33)20-10-7-13-37-20)21(25(34)36-5-2)23(29-26(31)35)17-8-6-9-18(27)22(17)28/h6-10,13,16,23H,4-5,11-12,14-15H2,1-3H3,(H,29,35)/t16-,23-/m0/s1. The van der Waals surface area contributed by atoms with Gasteiger partial charge in [-0.1, -0.05) is 35.3 Å². The third kappa shape index (κ3) is 5.49. The fraction of sp³-hybridized carbons (Fsp3) is 0.423. The number of carbonyl (C=O) groups excluding carboxylic acids is 3. The van der Waals surface area contributed by atoms with E-state index >= 15 is 0 Å². The van der Waals surface area contributed by atoms with Gasteiger partial charge < -0.3 is 19.4 Å². The molecule has 1 aromatic carbocycles. The summed E-state index contributed by atoms with van der Waals surface area (Å²) in [5.74, 6) is -0.391. The zero-order chi connectivity index (χ0) is 26.7. The van der Waals surface area contributed by atoms with Crippen LogP contribution in [-0.4, -0.2) is 78.0 Å². The molecule has 2 aliphatic rings. The minimum absolute atomic E-state index is 0.108. The maximum atomic E-state index is 13.3. The number of piperazine rings is 1. The molecule has 11 heteroatoms. The zero-order valence-electron chi connectivity index (χ0n) is 21.0. The Hall–Kier alpha value is -3.01. The number of rotatable bonds is 7. The van der Waals surface area contributed by atoms with Gasteiger partial charge in [-0.05, 0) is 44.5 Å². The summed E-state index contributed by atoms with van der Waals surface area (Å²) in [5.41, 5.74) is 1.37. The monoisotopic (exact) mass is 548 g/mol. The van der Waals surface area contributed by atoms with Gasteiger partial charge >= 0.3 is 12.0 Å². The van der Waals surface area contributed by atoms with Crippen molar-refractivity contribution in [1.82, 2.24) is 20.0 Å². The summed E-state index contributed by atoms with van der Waals surface area (Å²) in [6, 6.07) is 7.17. The molecule has 1 N–H and O–H groups in total. The van der Waals surface area contributed by atoms with Crippen LogP contribution in [0, 0.1) is 0 Å². The molecule has 1 saturated heterocycles. The first kappa shape index (κ1) is 27.0. The molecule has 0 bridgehead atoms. The van der Waals surface area contributed by atoms with E-state index in [0.717, 1.165) is 0 Å². The minimum atomic E-state index is -0.824. The van der Waals surface area contributed by atoms with Crippen LogP contribution in [0.15, 0.2) is 52.3 Å². The number of carbonyl (C=O) groups is 3. The maximum absolute atomic E-state index is 13.3. The number of halogens is 2. The Morgan fingerprint density at radius 2 is 1.95 bits per heavy atom. The molecule has 4 rings (SSSR count). The molecule has 37 heavy (non-hydrogen) atoms. The molecule has 3 heterocycles. The fourth-order valence-corrected chi connectivity index (χ4v) is 5.28. The van der Waals surface area contributed by atoms with Crippen LogP contribution < -0.4 is 5.32 Å². The number of amides is 3. The Bertz CT molecular complexity index is 1200. The van der Waals surface area contributed by atoms with Gasteiger partial charge in [-0.3, -0.25) is 14.6 Å². The molecule has 1 fully saturated rings. The van der Waals surface area contributed by atoms with Crippen LogP contribution in [0.1, 0.15) is 42.9 Å². The van der Waals surface area contributed by atoms with Crippen molar-refractivity contribution in [3.63, 3.8) is 0 Å². The second kappa shape index (κ2) is 11.6. The highest BCUT2D eigenvalue weighted by molar-refractivity contribution is 6.42. The van der Waals surface area contributed by atoms with Crippen LogP contribution in [0.5, 0.6) is 0 Å². The van der Waals surface area contributed by atoms with Gasteiger partial charge in [-0.25, -0.2) is 9.59 Å². The highest BCUT2D eigenvalue weighted by Crippen LogP contribution is 2.38. The lowest BCUT2D eigenvalue weighted by Gasteiger charge is -2.42. The fourth-order valence-electron chi connectivity index (χ4n) is 4.87. The van der Waals surface area contributed by atoms with E-state index in [9.17, 15) is 14.4 Å². The van der Waals surface area contributed by atoms with Gasteiger partial charge in [0.2, 0.25) is 0 Å². The Balaban J connectivity index is 1.67. The summed E-state index contributed by atoms with van der Waals surface area (Å²) >= 11 is 12.8. The highest BCUT2D eigenvalue weighted by atomic mass is 35.5. The molecule has 3 amide bonds. The summed E-state index contributed by atoms with van der Waals surface area (Å²) in [6.45, 7) is 7.97. The highest BCUT2D eigenvalue weighted by Gasteiger charge is 2.40. The van der Waals surface area contributed by atoms with Crippen molar-refractivity contribution in [2.45, 2.75) is 32.9 Å². The van der Waals surface area contributed by atoms with Gasteiger partial charge in [-0.2, -0.15) is 0 Å². The molecule has 198 valence electrons. The number of esters is 1. The quantitative estimate of drug-likeness (QED) is 0.517. The van der Waals surface area contributed by atoms with E-state index in [4.69, 9.17) is 32.4 Å². The van der Waals surface area contributed by atoms with Crippen molar-refractivity contribution in [2.24, 2.45) is 0 Å². The van der Waals surface area contributed by atoms with Crippen LogP contribution in [0.25, 0.3) is 0 Å². The predicted molar refractivity (Wildman–Crippen MR) is 139 cm³/mol. The summed E-state index contributed by atoms with van der Waals surface area (Å²) < 4.78 is 10.7. The summed E-state index contributed by atoms with van der Waals surface area (Å²) in [5, 5.41) is 3.49. The topological polar surface area (TPSA) is 95.3 Å². The van der Waals surface area contributed by atoms with Gasteiger partial charge in [0.1, 0.15) is 0 Å². The predicted octanol–water partition coefficient (Wildman–Crippen LogP) is 4.34. The summed E-state index contributed by atoms with van der Waals surface area (Å²) in [4.78, 5) is 44.8. The van der Waals surface area contributed by atoms with Crippen LogP contribution >= 0.6 is 23.2 Å². The number of furan rings is 1. The Labute approximate surface area is 225 Å². The lowest BCUT2D eigenvalue weighted by Crippen LogP contribution is -2.56. The van der Waals surface area contributed by atoms with Gasteiger partial charge in [0.15, 0.2) is 5.76 Å². The summed E-state index contributed by atoms with van der Waals surface area (Å²) in [6.07, 6.45) is 1.48. The van der Waals surface area contributed by atoms with E-state index in [2.05, 4.69) is 10.2 Å². The Morgan fingerprint density at radius 3 is 2.59 bits per heavy atom. The van der Waals surface area contributed by atoms with Crippen molar-refractivity contribution in [3.8, 4) is 0 Å². The molecule has 9 nitrogen and oxygen atoms in total. The van der Waals surface area contributed by atoms with Crippen LogP contribution in [0.4, 0.5) is 4.79 Å². The third-order valence-electron chi connectivity index (χ3n) is 6.62. The molecule has 0 radical (unpaired) electrons. The summed E-state index contributed by atoms with van der Waals surface area (Å²) in [7, 11) is 0. The Morgan fingerprint density at radius 1 is 1.16 bits per heavy atom. The average molecular weight is 549 g/mol. The van der Waals surface area contributed by atoms with Gasteiger partial charge in [0.25, 0.3) is 5.91 Å². The number of hydrogen-bond acceptors (Lipinski definition) is 6. The van der Waals surface area contributed by atoms with Gasteiger partial charge in [-0.15, -0.1) is 0 Å². The van der Waals surface area contributed by atoms with Crippen molar-refractivity contribution in [2.75, 3.05) is 39.3 Å². The smallest absolute Gasteiger partial charge is 0.338 e. The van der Waals surface area contributed by atoms with Gasteiger partial charge in [0, 0.05) is 44.5 Å². The number of benzene rings is 1. The first-order chi connectivity index (χ1) is 17.8. The number of likely N-dealkylation sites (N-methyl/N-ethyl adjacent to an activating group) is 1. The van der Waals surface area contributed by atoms with E-state index in [0.29, 0.717) is 60.3 Å². The number of ether oxygens (including phenoxy) is 1. The molecule has 2 aliphatic heterocycles. The molecular weight excluding hydrogens is 519 g/mol. The maximum Gasteiger partial charge on any atom is 0.338 e. The molecule has 0 spiro atoms. The average Bonchev–Trinajstić information content (AvgIpc) is 3.40. The molecule has 2 aromatic rings. The van der Waals surface area contributed by atoms with Crippen LogP contribution in [0.3, 0.4) is 0 Å². The zero-order valence-corrected chi connectivity index (χ0v) is 22.5. The van der Waals surface area contributed by atoms with Crippen molar-refractivity contribution >= 4 is 41.1 Å².